The van der Waals surface area contributed by atoms with Crippen LogP contribution in [0.3, 0.4) is 0 Å². The molecule has 1 saturated heterocycles. The van der Waals surface area contributed by atoms with E-state index in [1.165, 1.54) is 24.3 Å². The molecule has 8 nitrogen and oxygen atoms in total. The highest BCUT2D eigenvalue weighted by Crippen LogP contribution is 2.32. The molecule has 1 fully saturated rings. The van der Waals surface area contributed by atoms with Crippen molar-refractivity contribution in [3.63, 3.8) is 0 Å². The first-order valence-corrected chi connectivity index (χ1v) is 6.80. The standard InChI is InChI=1S/C13H10N2O6S/c1-21-11(16)7-14-12(17)10(22-13(14)18)6-8-3-2-4-9(5-8)15(19)20/h2-6H,7H2,1H3/b10-6-. The number of esters is 1. The van der Waals surface area contributed by atoms with E-state index in [1.807, 2.05) is 0 Å². The fourth-order valence-corrected chi connectivity index (χ4v) is 2.55. The van der Waals surface area contributed by atoms with Crippen LogP contribution in [0.5, 0.6) is 0 Å². The van der Waals surface area contributed by atoms with E-state index in [0.29, 0.717) is 17.3 Å². The van der Waals surface area contributed by atoms with Crippen LogP contribution in [0.15, 0.2) is 29.2 Å². The summed E-state index contributed by atoms with van der Waals surface area (Å²) in [7, 11) is 1.15. The van der Waals surface area contributed by atoms with Crippen molar-refractivity contribution in [2.45, 2.75) is 0 Å². The summed E-state index contributed by atoms with van der Waals surface area (Å²) in [4.78, 5) is 46.0. The van der Waals surface area contributed by atoms with Gasteiger partial charge in [-0.15, -0.1) is 0 Å². The minimum atomic E-state index is -0.709. The molecule has 0 atom stereocenters. The molecule has 0 spiro atoms. The van der Waals surface area contributed by atoms with E-state index in [2.05, 4.69) is 4.74 Å². The van der Waals surface area contributed by atoms with E-state index in [4.69, 9.17) is 0 Å². The smallest absolute Gasteiger partial charge is 0.325 e. The fraction of sp³-hybridized carbons (Fsp3) is 0.154. The van der Waals surface area contributed by atoms with Gasteiger partial charge in [-0.1, -0.05) is 12.1 Å². The second kappa shape index (κ2) is 6.39. The van der Waals surface area contributed by atoms with Crippen molar-refractivity contribution in [2.24, 2.45) is 0 Å². The van der Waals surface area contributed by atoms with Crippen molar-refractivity contribution in [1.82, 2.24) is 4.90 Å². The maximum atomic E-state index is 12.1. The van der Waals surface area contributed by atoms with Gasteiger partial charge in [0, 0.05) is 12.1 Å². The summed E-state index contributed by atoms with van der Waals surface area (Å²) >= 11 is 0.664. The molecule has 22 heavy (non-hydrogen) atoms. The number of thioether (sulfide) groups is 1. The average Bonchev–Trinajstić information content (AvgIpc) is 2.75. The Balaban J connectivity index is 2.24. The molecule has 1 aliphatic heterocycles. The Morgan fingerprint density at radius 2 is 2.18 bits per heavy atom. The summed E-state index contributed by atoms with van der Waals surface area (Å²) in [6.45, 7) is -0.465. The third-order valence-corrected chi connectivity index (χ3v) is 3.67. The van der Waals surface area contributed by atoms with Gasteiger partial charge < -0.3 is 4.74 Å². The summed E-state index contributed by atoms with van der Waals surface area (Å²) < 4.78 is 4.42. The lowest BCUT2D eigenvalue weighted by Gasteiger charge is -2.09. The summed E-state index contributed by atoms with van der Waals surface area (Å²) in [5.74, 6) is -1.34. The third-order valence-electron chi connectivity index (χ3n) is 2.77. The van der Waals surface area contributed by atoms with Gasteiger partial charge in [0.05, 0.1) is 16.9 Å². The van der Waals surface area contributed by atoms with Gasteiger partial charge in [0.1, 0.15) is 6.54 Å². The number of carbonyl (C=O) groups is 3. The highest BCUT2D eigenvalue weighted by Gasteiger charge is 2.36. The second-order valence-corrected chi connectivity index (χ2v) is 5.19. The Hall–Kier alpha value is -2.68. The number of ether oxygens (including phenoxy) is 1. The van der Waals surface area contributed by atoms with Gasteiger partial charge in [-0.25, -0.2) is 0 Å². The quantitative estimate of drug-likeness (QED) is 0.360. The van der Waals surface area contributed by atoms with Crippen molar-refractivity contribution in [1.29, 1.82) is 0 Å². The predicted molar refractivity (Wildman–Crippen MR) is 77.8 cm³/mol. The lowest BCUT2D eigenvalue weighted by molar-refractivity contribution is -0.384. The van der Waals surface area contributed by atoms with Crippen molar-refractivity contribution in [2.75, 3.05) is 13.7 Å². The van der Waals surface area contributed by atoms with E-state index in [-0.39, 0.29) is 10.6 Å². The number of methoxy groups -OCH3 is 1. The summed E-state index contributed by atoms with van der Waals surface area (Å²) in [6, 6.07) is 5.65. The number of nitro benzene ring substituents is 1. The number of hydrogen-bond donors (Lipinski definition) is 0. The molecule has 1 aliphatic rings. The lowest BCUT2D eigenvalue weighted by atomic mass is 10.2. The molecule has 0 unspecified atom stereocenters. The molecular weight excluding hydrogens is 312 g/mol. The number of amides is 2. The molecule has 0 N–H and O–H groups in total. The Bertz CT molecular complexity index is 700. The van der Waals surface area contributed by atoms with E-state index < -0.39 is 28.6 Å². The second-order valence-electron chi connectivity index (χ2n) is 4.20. The molecule has 0 radical (unpaired) electrons. The average molecular weight is 322 g/mol. The highest BCUT2D eigenvalue weighted by molar-refractivity contribution is 8.18. The highest BCUT2D eigenvalue weighted by atomic mass is 32.2. The first-order valence-electron chi connectivity index (χ1n) is 5.99. The minimum absolute atomic E-state index is 0.0920. The number of imide groups is 1. The van der Waals surface area contributed by atoms with Crippen LogP contribution in [0.1, 0.15) is 5.56 Å². The summed E-state index contributed by atoms with van der Waals surface area (Å²) in [5, 5.41) is 10.1. The maximum absolute atomic E-state index is 12.1. The van der Waals surface area contributed by atoms with Gasteiger partial charge >= 0.3 is 5.97 Å². The van der Waals surface area contributed by atoms with Crippen molar-refractivity contribution in [3.8, 4) is 0 Å². The number of nitrogens with zero attached hydrogens (tertiary/aromatic N) is 2. The zero-order chi connectivity index (χ0) is 16.3. The zero-order valence-electron chi connectivity index (χ0n) is 11.3. The largest absolute Gasteiger partial charge is 0.468 e. The number of hydrogen-bond acceptors (Lipinski definition) is 7. The monoisotopic (exact) mass is 322 g/mol. The summed E-state index contributed by atoms with van der Waals surface area (Å²) in [5.41, 5.74) is 0.292. The van der Waals surface area contributed by atoms with Crippen LogP contribution in [0.2, 0.25) is 0 Å². The Labute approximate surface area is 128 Å². The van der Waals surface area contributed by atoms with Gasteiger partial charge in [0.2, 0.25) is 0 Å². The molecule has 0 aliphatic carbocycles. The molecular formula is C13H10N2O6S. The van der Waals surface area contributed by atoms with Crippen LogP contribution in [0.4, 0.5) is 10.5 Å². The predicted octanol–water partition coefficient (Wildman–Crippen LogP) is 1.80. The van der Waals surface area contributed by atoms with Gasteiger partial charge in [0.25, 0.3) is 16.8 Å². The van der Waals surface area contributed by atoms with Crippen LogP contribution in [-0.4, -0.2) is 40.6 Å². The number of benzene rings is 1. The number of rotatable bonds is 4. The molecule has 2 rings (SSSR count). The van der Waals surface area contributed by atoms with E-state index in [1.54, 1.807) is 6.07 Å². The molecule has 0 saturated carbocycles. The first kappa shape index (κ1) is 15.7. The van der Waals surface area contributed by atoms with E-state index in [0.717, 1.165) is 12.0 Å². The molecule has 1 aromatic carbocycles. The van der Waals surface area contributed by atoms with Crippen LogP contribution in [-0.2, 0) is 14.3 Å². The summed E-state index contributed by atoms with van der Waals surface area (Å²) in [6.07, 6.45) is 1.37. The number of carbonyl (C=O) groups excluding carboxylic acids is 3. The van der Waals surface area contributed by atoms with Crippen LogP contribution >= 0.6 is 11.8 Å². The zero-order valence-corrected chi connectivity index (χ0v) is 12.2. The Kier molecular flexibility index (Phi) is 4.56. The molecule has 0 bridgehead atoms. The number of nitro groups is 1. The fourth-order valence-electron chi connectivity index (χ4n) is 1.71. The first-order chi connectivity index (χ1) is 10.4. The van der Waals surface area contributed by atoms with E-state index in [9.17, 15) is 24.5 Å². The Morgan fingerprint density at radius 1 is 1.45 bits per heavy atom. The van der Waals surface area contributed by atoms with Gasteiger partial charge in [0.15, 0.2) is 0 Å². The van der Waals surface area contributed by atoms with Crippen LogP contribution in [0, 0.1) is 10.1 Å². The topological polar surface area (TPSA) is 107 Å². The van der Waals surface area contributed by atoms with Crippen molar-refractivity contribution in [3.05, 3.63) is 44.8 Å². The van der Waals surface area contributed by atoms with Gasteiger partial charge in [-0.2, -0.15) is 0 Å². The van der Waals surface area contributed by atoms with E-state index >= 15 is 0 Å². The van der Waals surface area contributed by atoms with Crippen molar-refractivity contribution < 1.29 is 24.0 Å². The van der Waals surface area contributed by atoms with Crippen LogP contribution in [0.25, 0.3) is 6.08 Å². The maximum Gasteiger partial charge on any atom is 0.325 e. The van der Waals surface area contributed by atoms with Crippen LogP contribution < -0.4 is 0 Å². The molecule has 2 amide bonds. The Morgan fingerprint density at radius 3 is 2.82 bits per heavy atom. The molecule has 1 aromatic rings. The molecule has 114 valence electrons. The van der Waals surface area contributed by atoms with Gasteiger partial charge in [-0.3, -0.25) is 29.4 Å². The molecule has 1 heterocycles. The number of non-ortho nitro benzene ring substituents is 1. The third kappa shape index (κ3) is 3.31. The molecule has 9 heteroatoms. The molecule has 0 aromatic heterocycles. The lowest BCUT2D eigenvalue weighted by Crippen LogP contribution is -2.34. The minimum Gasteiger partial charge on any atom is -0.468 e. The SMILES string of the molecule is COC(=O)CN1C(=O)S/C(=C\c2cccc([N+](=O)[O-])c2)C1=O. The van der Waals surface area contributed by atoms with Gasteiger partial charge in [-0.05, 0) is 23.4 Å². The van der Waals surface area contributed by atoms with Crippen molar-refractivity contribution >= 4 is 40.6 Å². The normalized spacial score (nSPS) is 16.2.